The number of nitrogens with one attached hydrogen (secondary N) is 1. The lowest BCUT2D eigenvalue weighted by Crippen LogP contribution is -2.38. The number of fused-ring (bicyclic) bond motifs is 2. The molecule has 23 heavy (non-hydrogen) atoms. The number of nitrogens with zero attached hydrogens (tertiary/aromatic N) is 4. The lowest BCUT2D eigenvalue weighted by atomic mass is 10.1. The highest BCUT2D eigenvalue weighted by atomic mass is 19.1. The molecule has 0 bridgehead atoms. The van der Waals surface area contributed by atoms with Gasteiger partial charge in [-0.2, -0.15) is 0 Å². The fourth-order valence-electron chi connectivity index (χ4n) is 3.37. The van der Waals surface area contributed by atoms with Crippen LogP contribution in [0.5, 0.6) is 0 Å². The summed E-state index contributed by atoms with van der Waals surface area (Å²) in [4.78, 5) is 19.6. The Morgan fingerprint density at radius 2 is 1.96 bits per heavy atom. The first-order valence-corrected chi connectivity index (χ1v) is 8.08. The summed E-state index contributed by atoms with van der Waals surface area (Å²) in [5.41, 5.74) is 4.68. The first-order chi connectivity index (χ1) is 11.3. The topological polar surface area (TPSA) is 57.7 Å². The Morgan fingerprint density at radius 1 is 1.04 bits per heavy atom. The van der Waals surface area contributed by atoms with Crippen LogP contribution in [0.25, 0.3) is 22.6 Å². The van der Waals surface area contributed by atoms with Crippen molar-refractivity contribution in [1.29, 1.82) is 0 Å². The van der Waals surface area contributed by atoms with Crippen molar-refractivity contribution in [3.8, 4) is 11.5 Å². The van der Waals surface area contributed by atoms with Crippen LogP contribution in [0.3, 0.4) is 0 Å². The molecule has 1 N–H and O–H groups in total. The number of hydrogen-bond donors (Lipinski definition) is 1. The Labute approximate surface area is 132 Å². The van der Waals surface area contributed by atoms with Gasteiger partial charge < -0.3 is 9.88 Å². The van der Waals surface area contributed by atoms with Gasteiger partial charge >= 0.3 is 0 Å². The molecule has 0 radical (unpaired) electrons. The van der Waals surface area contributed by atoms with Crippen molar-refractivity contribution in [3.63, 3.8) is 0 Å². The van der Waals surface area contributed by atoms with Crippen molar-refractivity contribution < 1.29 is 4.39 Å². The maximum Gasteiger partial charge on any atom is 0.226 e. The van der Waals surface area contributed by atoms with Gasteiger partial charge in [0.2, 0.25) is 5.95 Å². The van der Waals surface area contributed by atoms with Crippen LogP contribution in [0.4, 0.5) is 10.3 Å². The zero-order valence-electron chi connectivity index (χ0n) is 12.6. The molecule has 1 aromatic carbocycles. The van der Waals surface area contributed by atoms with Crippen LogP contribution < -0.4 is 4.90 Å². The Balaban J connectivity index is 1.69. The molecule has 6 heteroatoms. The fourth-order valence-corrected chi connectivity index (χ4v) is 3.37. The molecule has 2 aliphatic rings. The van der Waals surface area contributed by atoms with Crippen LogP contribution in [0.2, 0.25) is 0 Å². The molecule has 1 aliphatic heterocycles. The Kier molecular flexibility index (Phi) is 2.68. The number of anilines is 1. The van der Waals surface area contributed by atoms with Crippen LogP contribution in [0, 0.1) is 5.82 Å². The second-order valence-electron chi connectivity index (χ2n) is 6.24. The van der Waals surface area contributed by atoms with E-state index in [4.69, 9.17) is 9.97 Å². The van der Waals surface area contributed by atoms with Crippen LogP contribution in [-0.2, 0) is 12.8 Å². The van der Waals surface area contributed by atoms with E-state index in [0.717, 1.165) is 55.2 Å². The zero-order chi connectivity index (χ0) is 15.4. The molecule has 0 amide bonds. The van der Waals surface area contributed by atoms with Gasteiger partial charge in [-0.15, -0.1) is 0 Å². The van der Waals surface area contributed by atoms with Gasteiger partial charge in [-0.05, 0) is 43.9 Å². The molecule has 5 rings (SSSR count). The molecule has 0 atom stereocenters. The van der Waals surface area contributed by atoms with Gasteiger partial charge in [-0.3, -0.25) is 0 Å². The molecule has 116 valence electrons. The molecule has 0 saturated carbocycles. The van der Waals surface area contributed by atoms with Gasteiger partial charge in [0.1, 0.15) is 11.5 Å². The summed E-state index contributed by atoms with van der Waals surface area (Å²) in [6.07, 6.45) is 4.28. The van der Waals surface area contributed by atoms with E-state index in [1.165, 1.54) is 24.1 Å². The number of aromatic amines is 1. The first-order valence-electron chi connectivity index (χ1n) is 8.08. The summed E-state index contributed by atoms with van der Waals surface area (Å²) in [6.45, 7) is 2.03. The number of hydrogen-bond acceptors (Lipinski definition) is 4. The minimum Gasteiger partial charge on any atom is -0.341 e. The predicted molar refractivity (Wildman–Crippen MR) is 85.9 cm³/mol. The standard InChI is InChI=1S/C17H16FN5/c18-10-5-6-13-14(9-10)20-16(19-13)15-11-3-1-4-12(11)21-17(22-15)23-7-2-8-23/h5-6,9H,1-4,7-8H2,(H,19,20). The van der Waals surface area contributed by atoms with Crippen molar-refractivity contribution in [1.82, 2.24) is 19.9 Å². The molecule has 1 fully saturated rings. The van der Waals surface area contributed by atoms with Gasteiger partial charge in [0.15, 0.2) is 5.82 Å². The van der Waals surface area contributed by atoms with Gasteiger partial charge in [-0.25, -0.2) is 19.3 Å². The lowest BCUT2D eigenvalue weighted by molar-refractivity contribution is 0.599. The Bertz CT molecular complexity index is 913. The smallest absolute Gasteiger partial charge is 0.226 e. The van der Waals surface area contributed by atoms with Gasteiger partial charge in [0.05, 0.1) is 11.0 Å². The third-order valence-electron chi connectivity index (χ3n) is 4.73. The molecular weight excluding hydrogens is 293 g/mol. The highest BCUT2D eigenvalue weighted by Gasteiger charge is 2.25. The maximum atomic E-state index is 13.4. The fraction of sp³-hybridized carbons (Fsp3) is 0.353. The predicted octanol–water partition coefficient (Wildman–Crippen LogP) is 2.86. The number of H-pyrrole nitrogens is 1. The van der Waals surface area contributed by atoms with Crippen LogP contribution in [0.15, 0.2) is 18.2 Å². The molecule has 1 saturated heterocycles. The van der Waals surface area contributed by atoms with Crippen molar-refractivity contribution in [3.05, 3.63) is 35.3 Å². The van der Waals surface area contributed by atoms with E-state index in [2.05, 4.69) is 14.9 Å². The number of imidazole rings is 1. The summed E-state index contributed by atoms with van der Waals surface area (Å²) in [5.74, 6) is 1.26. The minimum atomic E-state index is -0.262. The molecule has 2 aromatic heterocycles. The van der Waals surface area contributed by atoms with Crippen LogP contribution >= 0.6 is 0 Å². The quantitative estimate of drug-likeness (QED) is 0.791. The SMILES string of the molecule is Fc1ccc2nc(-c3nc(N4CCC4)nc4c3CCC4)[nH]c2c1. The third-order valence-corrected chi connectivity index (χ3v) is 4.73. The monoisotopic (exact) mass is 309 g/mol. The molecule has 3 aromatic rings. The summed E-state index contributed by atoms with van der Waals surface area (Å²) >= 11 is 0. The largest absolute Gasteiger partial charge is 0.341 e. The van der Waals surface area contributed by atoms with E-state index in [1.807, 2.05) is 0 Å². The van der Waals surface area contributed by atoms with E-state index in [1.54, 1.807) is 6.07 Å². The molecular formula is C17H16FN5. The number of aromatic nitrogens is 4. The molecule has 1 aliphatic carbocycles. The van der Waals surface area contributed by atoms with E-state index in [-0.39, 0.29) is 5.82 Å². The number of rotatable bonds is 2. The van der Waals surface area contributed by atoms with E-state index < -0.39 is 0 Å². The van der Waals surface area contributed by atoms with Crippen LogP contribution in [0.1, 0.15) is 24.1 Å². The zero-order valence-corrected chi connectivity index (χ0v) is 12.6. The first kappa shape index (κ1) is 13.0. The lowest BCUT2D eigenvalue weighted by Gasteiger charge is -2.31. The molecule has 3 heterocycles. The summed E-state index contributed by atoms with van der Waals surface area (Å²) in [5, 5.41) is 0. The number of aryl methyl sites for hydroxylation is 1. The van der Waals surface area contributed by atoms with Crippen molar-refractivity contribution in [2.45, 2.75) is 25.7 Å². The van der Waals surface area contributed by atoms with Gasteiger partial charge in [0.25, 0.3) is 0 Å². The number of halogens is 1. The maximum absolute atomic E-state index is 13.4. The number of benzene rings is 1. The Morgan fingerprint density at radius 3 is 2.78 bits per heavy atom. The summed E-state index contributed by atoms with van der Waals surface area (Å²) in [6, 6.07) is 4.61. The van der Waals surface area contributed by atoms with Gasteiger partial charge in [-0.1, -0.05) is 0 Å². The second-order valence-corrected chi connectivity index (χ2v) is 6.24. The normalized spacial score (nSPS) is 16.7. The molecule has 0 unspecified atom stereocenters. The minimum absolute atomic E-state index is 0.262. The Hall–Kier alpha value is -2.50. The molecule has 5 nitrogen and oxygen atoms in total. The van der Waals surface area contributed by atoms with Crippen LogP contribution in [-0.4, -0.2) is 33.0 Å². The summed E-state index contributed by atoms with van der Waals surface area (Å²) < 4.78 is 13.4. The summed E-state index contributed by atoms with van der Waals surface area (Å²) in [7, 11) is 0. The van der Waals surface area contributed by atoms with Gasteiger partial charge in [0, 0.05) is 24.3 Å². The average Bonchev–Trinajstić information content (AvgIpc) is 3.09. The van der Waals surface area contributed by atoms with Crippen molar-refractivity contribution >= 4 is 17.0 Å². The second kappa shape index (κ2) is 4.75. The third kappa shape index (κ3) is 2.01. The average molecular weight is 309 g/mol. The van der Waals surface area contributed by atoms with Crippen molar-refractivity contribution in [2.24, 2.45) is 0 Å². The van der Waals surface area contributed by atoms with E-state index >= 15 is 0 Å². The highest BCUT2D eigenvalue weighted by molar-refractivity contribution is 5.79. The van der Waals surface area contributed by atoms with E-state index in [9.17, 15) is 4.39 Å². The van der Waals surface area contributed by atoms with E-state index in [0.29, 0.717) is 11.3 Å². The van der Waals surface area contributed by atoms with Crippen molar-refractivity contribution in [2.75, 3.05) is 18.0 Å². The highest BCUT2D eigenvalue weighted by Crippen LogP contribution is 2.32. The molecule has 0 spiro atoms.